The molecular formula is C14H19F2N3. The van der Waals surface area contributed by atoms with Crippen LogP contribution in [0.2, 0.25) is 0 Å². The zero-order valence-electron chi connectivity index (χ0n) is 11.0. The maximum Gasteiger partial charge on any atom is 0.168 e. The summed E-state index contributed by atoms with van der Waals surface area (Å²) in [6.07, 6.45) is 4.83. The quantitative estimate of drug-likeness (QED) is 0.878. The predicted molar refractivity (Wildman–Crippen MR) is 71.2 cm³/mol. The molecular weight excluding hydrogens is 248 g/mol. The van der Waals surface area contributed by atoms with Crippen LogP contribution in [0, 0.1) is 23.5 Å². The monoisotopic (exact) mass is 267 g/mol. The summed E-state index contributed by atoms with van der Waals surface area (Å²) in [5.74, 6) is 0.447. The first-order chi connectivity index (χ1) is 9.17. The average molecular weight is 267 g/mol. The molecule has 3 rings (SSSR count). The zero-order valence-corrected chi connectivity index (χ0v) is 11.0. The van der Waals surface area contributed by atoms with Crippen LogP contribution in [-0.4, -0.2) is 17.6 Å². The normalized spacial score (nSPS) is 28.7. The van der Waals surface area contributed by atoms with E-state index < -0.39 is 11.6 Å². The first-order valence-corrected chi connectivity index (χ1v) is 7.03. The molecule has 3 atom stereocenters. The van der Waals surface area contributed by atoms with Crippen molar-refractivity contribution in [2.45, 2.75) is 38.6 Å². The van der Waals surface area contributed by atoms with Gasteiger partial charge in [0, 0.05) is 18.7 Å². The van der Waals surface area contributed by atoms with E-state index in [4.69, 9.17) is 0 Å². The molecule has 0 amide bonds. The van der Waals surface area contributed by atoms with Gasteiger partial charge < -0.3 is 10.6 Å². The lowest BCUT2D eigenvalue weighted by Gasteiger charge is -2.24. The van der Waals surface area contributed by atoms with Gasteiger partial charge in [0.2, 0.25) is 0 Å². The summed E-state index contributed by atoms with van der Waals surface area (Å²) in [4.78, 5) is 4.04. The molecule has 0 aromatic carbocycles. The number of hydrogen-bond acceptors (Lipinski definition) is 3. The fraction of sp³-hybridized carbons (Fsp3) is 0.643. The largest absolute Gasteiger partial charge is 0.368 e. The minimum Gasteiger partial charge on any atom is -0.368 e. The lowest BCUT2D eigenvalue weighted by molar-refractivity contribution is 0.436. The van der Waals surface area contributed by atoms with Crippen LogP contribution in [0.15, 0.2) is 6.07 Å². The Hall–Kier alpha value is -1.39. The molecule has 1 aromatic rings. The Bertz CT molecular complexity index is 478. The molecule has 104 valence electrons. The number of halogens is 2. The van der Waals surface area contributed by atoms with E-state index in [1.807, 2.05) is 6.92 Å². The van der Waals surface area contributed by atoms with Gasteiger partial charge in [0.05, 0.1) is 0 Å². The molecule has 2 N–H and O–H groups in total. The lowest BCUT2D eigenvalue weighted by atomic mass is 9.95. The minimum absolute atomic E-state index is 0.120. The summed E-state index contributed by atoms with van der Waals surface area (Å²) < 4.78 is 27.3. The topological polar surface area (TPSA) is 37.0 Å². The Labute approximate surface area is 111 Å². The summed E-state index contributed by atoms with van der Waals surface area (Å²) >= 11 is 0. The third-order valence-electron chi connectivity index (χ3n) is 4.33. The van der Waals surface area contributed by atoms with E-state index in [-0.39, 0.29) is 11.6 Å². The van der Waals surface area contributed by atoms with Gasteiger partial charge in [-0.1, -0.05) is 6.42 Å². The standard InChI is InChI=1S/C14H19F2N3/c1-2-17-13-10(15)7-11(16)14(19-13)18-12-6-8-3-4-9(12)5-8/h7-9,12H,2-6H2,1H3,(H2,17,18,19). The Kier molecular flexibility index (Phi) is 3.29. The highest BCUT2D eigenvalue weighted by Crippen LogP contribution is 2.45. The van der Waals surface area contributed by atoms with Gasteiger partial charge in [-0.25, -0.2) is 13.8 Å². The van der Waals surface area contributed by atoms with E-state index >= 15 is 0 Å². The predicted octanol–water partition coefficient (Wildman–Crippen LogP) is 3.39. The van der Waals surface area contributed by atoms with Crippen LogP contribution in [0.25, 0.3) is 0 Å². The summed E-state index contributed by atoms with van der Waals surface area (Å²) in [6, 6.07) is 1.20. The number of anilines is 2. The molecule has 2 aliphatic rings. The van der Waals surface area contributed by atoms with Gasteiger partial charge in [-0.05, 0) is 38.0 Å². The van der Waals surface area contributed by atoms with Gasteiger partial charge >= 0.3 is 0 Å². The Balaban J connectivity index is 1.78. The maximum atomic E-state index is 13.8. The van der Waals surface area contributed by atoms with Crippen LogP contribution in [0.5, 0.6) is 0 Å². The van der Waals surface area contributed by atoms with E-state index in [9.17, 15) is 8.78 Å². The second-order valence-electron chi connectivity index (χ2n) is 5.61. The van der Waals surface area contributed by atoms with Crippen molar-refractivity contribution in [1.29, 1.82) is 0 Å². The van der Waals surface area contributed by atoms with Crippen molar-refractivity contribution in [3.05, 3.63) is 17.7 Å². The van der Waals surface area contributed by atoms with E-state index in [0.717, 1.165) is 18.4 Å². The molecule has 3 unspecified atom stereocenters. The van der Waals surface area contributed by atoms with Crippen molar-refractivity contribution in [2.75, 3.05) is 17.2 Å². The van der Waals surface area contributed by atoms with Gasteiger partial charge in [-0.2, -0.15) is 0 Å². The molecule has 2 aliphatic carbocycles. The third-order valence-corrected chi connectivity index (χ3v) is 4.33. The summed E-state index contributed by atoms with van der Waals surface area (Å²) in [5, 5.41) is 5.98. The van der Waals surface area contributed by atoms with Crippen molar-refractivity contribution in [3.63, 3.8) is 0 Å². The SMILES string of the molecule is CCNc1nc(NC2CC3CCC2C3)c(F)cc1F. The molecule has 1 heterocycles. The van der Waals surface area contributed by atoms with Gasteiger partial charge in [0.1, 0.15) is 0 Å². The van der Waals surface area contributed by atoms with Crippen LogP contribution >= 0.6 is 0 Å². The smallest absolute Gasteiger partial charge is 0.168 e. The number of fused-ring (bicyclic) bond motifs is 2. The third kappa shape index (κ3) is 2.38. The lowest BCUT2D eigenvalue weighted by Crippen LogP contribution is -2.27. The van der Waals surface area contributed by atoms with Crippen molar-refractivity contribution >= 4 is 11.6 Å². The number of nitrogens with one attached hydrogen (secondary N) is 2. The van der Waals surface area contributed by atoms with E-state index in [2.05, 4.69) is 15.6 Å². The molecule has 2 bridgehead atoms. The fourth-order valence-corrected chi connectivity index (χ4v) is 3.46. The Morgan fingerprint density at radius 2 is 2.00 bits per heavy atom. The second-order valence-corrected chi connectivity index (χ2v) is 5.61. The Morgan fingerprint density at radius 1 is 1.21 bits per heavy atom. The first-order valence-electron chi connectivity index (χ1n) is 7.03. The number of nitrogens with zero attached hydrogens (tertiary/aromatic N) is 1. The van der Waals surface area contributed by atoms with E-state index in [1.165, 1.54) is 19.3 Å². The number of pyridine rings is 1. The molecule has 1 aromatic heterocycles. The maximum absolute atomic E-state index is 13.8. The number of hydrogen-bond donors (Lipinski definition) is 2. The van der Waals surface area contributed by atoms with Gasteiger partial charge in [0.15, 0.2) is 23.3 Å². The van der Waals surface area contributed by atoms with Gasteiger partial charge in [-0.3, -0.25) is 0 Å². The summed E-state index contributed by atoms with van der Waals surface area (Å²) in [6.45, 7) is 2.41. The van der Waals surface area contributed by atoms with Crippen molar-refractivity contribution < 1.29 is 8.78 Å². The van der Waals surface area contributed by atoms with E-state index in [1.54, 1.807) is 0 Å². The highest BCUT2D eigenvalue weighted by molar-refractivity contribution is 5.48. The van der Waals surface area contributed by atoms with Crippen LogP contribution < -0.4 is 10.6 Å². The molecule has 0 aliphatic heterocycles. The van der Waals surface area contributed by atoms with Gasteiger partial charge in [-0.15, -0.1) is 0 Å². The van der Waals surface area contributed by atoms with E-state index in [0.29, 0.717) is 18.5 Å². The highest BCUT2D eigenvalue weighted by Gasteiger charge is 2.39. The molecule has 19 heavy (non-hydrogen) atoms. The molecule has 0 radical (unpaired) electrons. The molecule has 0 saturated heterocycles. The summed E-state index contributed by atoms with van der Waals surface area (Å²) in [7, 11) is 0. The fourth-order valence-electron chi connectivity index (χ4n) is 3.46. The number of rotatable bonds is 4. The van der Waals surface area contributed by atoms with Crippen molar-refractivity contribution in [2.24, 2.45) is 11.8 Å². The van der Waals surface area contributed by atoms with Crippen LogP contribution in [0.3, 0.4) is 0 Å². The first kappa shape index (κ1) is 12.6. The molecule has 5 heteroatoms. The van der Waals surface area contributed by atoms with Crippen LogP contribution in [-0.2, 0) is 0 Å². The van der Waals surface area contributed by atoms with Crippen molar-refractivity contribution in [1.82, 2.24) is 4.98 Å². The summed E-state index contributed by atoms with van der Waals surface area (Å²) in [5.41, 5.74) is 0. The van der Waals surface area contributed by atoms with Crippen LogP contribution in [0.1, 0.15) is 32.6 Å². The van der Waals surface area contributed by atoms with Crippen molar-refractivity contribution in [3.8, 4) is 0 Å². The second kappa shape index (κ2) is 4.94. The molecule has 0 spiro atoms. The minimum atomic E-state index is -0.641. The Morgan fingerprint density at radius 3 is 2.63 bits per heavy atom. The highest BCUT2D eigenvalue weighted by atomic mass is 19.1. The zero-order chi connectivity index (χ0) is 13.4. The number of aromatic nitrogens is 1. The molecule has 2 saturated carbocycles. The van der Waals surface area contributed by atoms with Gasteiger partial charge in [0.25, 0.3) is 0 Å². The average Bonchev–Trinajstić information content (AvgIpc) is 2.97. The molecule has 2 fully saturated rings. The van der Waals surface area contributed by atoms with Crippen LogP contribution in [0.4, 0.5) is 20.4 Å². The molecule has 3 nitrogen and oxygen atoms in total.